The fraction of sp³-hybridized carbons (Fsp3) is 0.583. The molecule has 2 aliphatic rings. The van der Waals surface area contributed by atoms with Crippen molar-refractivity contribution in [3.8, 4) is 0 Å². The molecule has 3 heterocycles. The average molecular weight is 428 g/mol. The lowest BCUT2D eigenvalue weighted by atomic mass is 9.84. The highest BCUT2D eigenvalue weighted by Gasteiger charge is 2.43. The molecule has 1 amide bonds. The van der Waals surface area contributed by atoms with Crippen LogP contribution in [0.15, 0.2) is 30.5 Å². The van der Waals surface area contributed by atoms with Crippen LogP contribution in [0.2, 0.25) is 0 Å². The molecule has 1 N–H and O–H groups in total. The van der Waals surface area contributed by atoms with Gasteiger partial charge in [-0.15, -0.1) is 5.10 Å². The van der Waals surface area contributed by atoms with Crippen molar-refractivity contribution in [2.75, 3.05) is 25.0 Å². The number of aryl methyl sites for hydroxylation is 1. The normalized spacial score (nSPS) is 18.8. The van der Waals surface area contributed by atoms with E-state index in [1.807, 2.05) is 43.9 Å². The monoisotopic (exact) mass is 427 g/mol. The van der Waals surface area contributed by atoms with Gasteiger partial charge in [0.15, 0.2) is 0 Å². The Hall–Kier alpha value is -2.41. The fourth-order valence-electron chi connectivity index (χ4n) is 5.09. The van der Waals surface area contributed by atoms with Crippen molar-refractivity contribution in [1.82, 2.24) is 19.6 Å². The van der Waals surface area contributed by atoms with Gasteiger partial charge in [-0.05, 0) is 69.7 Å². The van der Waals surface area contributed by atoms with E-state index in [0.717, 1.165) is 50.4 Å². The Kier molecular flexibility index (Phi) is 6.32. The minimum absolute atomic E-state index is 0.0534. The van der Waals surface area contributed by atoms with Crippen molar-refractivity contribution < 1.29 is 9.18 Å². The number of hydrogen-bond acceptors (Lipinski definition) is 4. The van der Waals surface area contributed by atoms with E-state index < -0.39 is 0 Å². The van der Waals surface area contributed by atoms with Gasteiger partial charge in [0.2, 0.25) is 0 Å². The number of carbonyl (C=O) groups excluding carboxylic acids is 1. The SMILES string of the molecule is CCc1cc(CN2CCCC23CCN(C(=O)n2ccc(NC(C)C)n2)CC3)ccc1F. The number of aromatic nitrogens is 2. The zero-order valence-electron chi connectivity index (χ0n) is 18.9. The number of anilines is 1. The highest BCUT2D eigenvalue weighted by atomic mass is 19.1. The maximum atomic E-state index is 13.9. The lowest BCUT2D eigenvalue weighted by Crippen LogP contribution is -2.53. The van der Waals surface area contributed by atoms with E-state index in [1.165, 1.54) is 23.1 Å². The lowest BCUT2D eigenvalue weighted by molar-refractivity contribution is 0.0584. The molecule has 2 aliphatic heterocycles. The Morgan fingerprint density at radius 1 is 1.19 bits per heavy atom. The second kappa shape index (κ2) is 8.99. The molecule has 6 nitrogen and oxygen atoms in total. The highest BCUT2D eigenvalue weighted by molar-refractivity contribution is 5.76. The molecular formula is C24H34FN5O. The Morgan fingerprint density at radius 2 is 1.97 bits per heavy atom. The number of nitrogens with one attached hydrogen (secondary N) is 1. The molecule has 7 heteroatoms. The Labute approximate surface area is 184 Å². The van der Waals surface area contributed by atoms with Crippen LogP contribution in [0, 0.1) is 5.82 Å². The first-order valence-electron chi connectivity index (χ1n) is 11.5. The summed E-state index contributed by atoms with van der Waals surface area (Å²) in [5.41, 5.74) is 2.11. The van der Waals surface area contributed by atoms with Gasteiger partial charge in [-0.25, -0.2) is 9.18 Å². The smallest absolute Gasteiger partial charge is 0.344 e. The second-order valence-electron chi connectivity index (χ2n) is 9.24. The molecule has 1 aromatic heterocycles. The van der Waals surface area contributed by atoms with Crippen molar-refractivity contribution in [2.24, 2.45) is 0 Å². The first-order chi connectivity index (χ1) is 14.9. The van der Waals surface area contributed by atoms with Gasteiger partial charge in [0.05, 0.1) is 0 Å². The summed E-state index contributed by atoms with van der Waals surface area (Å²) >= 11 is 0. The van der Waals surface area contributed by atoms with Crippen LogP contribution in [0.25, 0.3) is 0 Å². The molecule has 2 fully saturated rings. The molecule has 1 aromatic carbocycles. The molecule has 0 unspecified atom stereocenters. The topological polar surface area (TPSA) is 53.4 Å². The van der Waals surface area contributed by atoms with Crippen molar-refractivity contribution in [1.29, 1.82) is 0 Å². The molecule has 2 aromatic rings. The van der Waals surface area contributed by atoms with E-state index in [0.29, 0.717) is 6.42 Å². The third kappa shape index (κ3) is 4.61. The molecule has 0 saturated carbocycles. The lowest BCUT2D eigenvalue weighted by Gasteiger charge is -2.45. The van der Waals surface area contributed by atoms with Crippen LogP contribution >= 0.6 is 0 Å². The van der Waals surface area contributed by atoms with Gasteiger partial charge < -0.3 is 10.2 Å². The van der Waals surface area contributed by atoms with E-state index in [2.05, 4.69) is 15.3 Å². The third-order valence-electron chi connectivity index (χ3n) is 6.79. The number of hydrogen-bond donors (Lipinski definition) is 1. The predicted octanol–water partition coefficient (Wildman–Crippen LogP) is 4.50. The number of likely N-dealkylation sites (tertiary alicyclic amines) is 2. The number of carbonyl (C=O) groups is 1. The summed E-state index contributed by atoms with van der Waals surface area (Å²) in [6.45, 7) is 9.49. The number of rotatable bonds is 5. The maximum absolute atomic E-state index is 13.9. The first-order valence-corrected chi connectivity index (χ1v) is 11.5. The van der Waals surface area contributed by atoms with E-state index in [9.17, 15) is 9.18 Å². The van der Waals surface area contributed by atoms with Crippen LogP contribution in [-0.4, -0.2) is 56.8 Å². The molecule has 0 atom stereocenters. The Balaban J connectivity index is 1.39. The average Bonchev–Trinajstić information content (AvgIpc) is 3.36. The van der Waals surface area contributed by atoms with Crippen molar-refractivity contribution in [2.45, 2.75) is 71.0 Å². The molecule has 0 radical (unpaired) electrons. The van der Waals surface area contributed by atoms with Crippen LogP contribution in [-0.2, 0) is 13.0 Å². The Bertz CT molecular complexity index is 916. The summed E-state index contributed by atoms with van der Waals surface area (Å²) in [6.07, 6.45) is 6.74. The van der Waals surface area contributed by atoms with Crippen LogP contribution < -0.4 is 5.32 Å². The molecule has 0 bridgehead atoms. The quantitative estimate of drug-likeness (QED) is 0.763. The van der Waals surface area contributed by atoms with Gasteiger partial charge in [0, 0.05) is 43.5 Å². The highest BCUT2D eigenvalue weighted by Crippen LogP contribution is 2.39. The van der Waals surface area contributed by atoms with Gasteiger partial charge in [0.1, 0.15) is 11.6 Å². The first kappa shape index (κ1) is 21.8. The van der Waals surface area contributed by atoms with Crippen LogP contribution in [0.5, 0.6) is 0 Å². The number of halogens is 1. The summed E-state index contributed by atoms with van der Waals surface area (Å²) < 4.78 is 15.3. The summed E-state index contributed by atoms with van der Waals surface area (Å²) in [7, 11) is 0. The number of amides is 1. The van der Waals surface area contributed by atoms with Crippen LogP contribution in [0.3, 0.4) is 0 Å². The summed E-state index contributed by atoms with van der Waals surface area (Å²) in [5.74, 6) is 0.615. The minimum Gasteiger partial charge on any atom is -0.366 e. The van der Waals surface area contributed by atoms with Gasteiger partial charge >= 0.3 is 6.03 Å². The van der Waals surface area contributed by atoms with Crippen LogP contribution in [0.4, 0.5) is 15.0 Å². The molecule has 31 heavy (non-hydrogen) atoms. The number of nitrogens with zero attached hydrogens (tertiary/aromatic N) is 4. The number of piperidine rings is 1. The molecule has 168 valence electrons. The summed E-state index contributed by atoms with van der Waals surface area (Å²) in [4.78, 5) is 17.4. The van der Waals surface area contributed by atoms with Gasteiger partial charge in [0.25, 0.3) is 0 Å². The van der Waals surface area contributed by atoms with Gasteiger partial charge in [-0.2, -0.15) is 4.68 Å². The molecule has 0 aliphatic carbocycles. The van der Waals surface area contributed by atoms with Gasteiger partial charge in [-0.3, -0.25) is 4.90 Å². The number of benzene rings is 1. The minimum atomic E-state index is -0.112. The molecule has 2 saturated heterocycles. The predicted molar refractivity (Wildman–Crippen MR) is 121 cm³/mol. The standard InChI is InChI=1S/C24H34FN5O/c1-4-20-16-19(6-7-21(20)25)17-29-12-5-9-24(29)10-14-28(15-11-24)23(31)30-13-8-22(27-30)26-18(2)3/h6-8,13,16,18H,4-5,9-12,14-15,17H2,1-3H3,(H,26,27). The molecular weight excluding hydrogens is 393 g/mol. The third-order valence-corrected chi connectivity index (χ3v) is 6.79. The second-order valence-corrected chi connectivity index (χ2v) is 9.24. The van der Waals surface area contributed by atoms with E-state index in [-0.39, 0.29) is 23.4 Å². The van der Waals surface area contributed by atoms with E-state index in [1.54, 1.807) is 12.3 Å². The summed E-state index contributed by atoms with van der Waals surface area (Å²) in [6, 6.07) is 7.60. The van der Waals surface area contributed by atoms with Gasteiger partial charge in [-0.1, -0.05) is 19.1 Å². The van der Waals surface area contributed by atoms with E-state index in [4.69, 9.17) is 0 Å². The zero-order valence-corrected chi connectivity index (χ0v) is 18.9. The van der Waals surface area contributed by atoms with Crippen molar-refractivity contribution >= 4 is 11.8 Å². The molecule has 1 spiro atoms. The van der Waals surface area contributed by atoms with Crippen LogP contribution in [0.1, 0.15) is 57.6 Å². The van der Waals surface area contributed by atoms with E-state index >= 15 is 0 Å². The Morgan fingerprint density at radius 3 is 2.68 bits per heavy atom. The zero-order chi connectivity index (χ0) is 22.0. The fourth-order valence-corrected chi connectivity index (χ4v) is 5.09. The maximum Gasteiger partial charge on any atom is 0.344 e. The summed E-state index contributed by atoms with van der Waals surface area (Å²) in [5, 5.41) is 7.61. The van der Waals surface area contributed by atoms with Crippen molar-refractivity contribution in [3.63, 3.8) is 0 Å². The molecule has 4 rings (SSSR count). The van der Waals surface area contributed by atoms with Crippen molar-refractivity contribution in [3.05, 3.63) is 47.4 Å². The largest absolute Gasteiger partial charge is 0.366 e.